The molecule has 4 aromatic heterocycles. The molecule has 0 bridgehead atoms. The third-order valence-electron chi connectivity index (χ3n) is 8.67. The molecule has 0 spiro atoms. The minimum Gasteiger partial charge on any atom is -0.463 e. The molecule has 2 aliphatic rings. The summed E-state index contributed by atoms with van der Waals surface area (Å²) < 4.78 is 52.4. The number of ether oxygens (including phenoxy) is 1. The molecule has 5 aromatic rings. The number of likely N-dealkylation sites (tertiary alicyclic amines) is 1. The Hall–Kier alpha value is -5.24. The first kappa shape index (κ1) is 30.4. The van der Waals surface area contributed by atoms with Gasteiger partial charge in [-0.3, -0.25) is 14.0 Å². The standard InChI is InChI=1S/C33H30F3N7O4/c1-32(17-46-18-32)31(45)42-12-2-4-21(16-42)29-41-26(27-28(37)39-15-23(43(27)29)24-5-3-13-47-24)19-6-8-20(9-7-19)30(44)40-25-14-22(10-11-38-25)33(34,35)36/h3,5-11,13-15,21H,2,4,12,16-18H2,1H3,(H2,37,39)(H,38,40,44). The zero-order valence-electron chi connectivity index (χ0n) is 25.3. The molecule has 2 saturated heterocycles. The van der Waals surface area contributed by atoms with Crippen LogP contribution in [0, 0.1) is 5.41 Å². The Morgan fingerprint density at radius 1 is 1.11 bits per heavy atom. The molecule has 6 heterocycles. The lowest BCUT2D eigenvalue weighted by Gasteiger charge is -2.42. The van der Waals surface area contributed by atoms with E-state index in [0.717, 1.165) is 31.2 Å². The molecule has 1 aromatic carbocycles. The van der Waals surface area contributed by atoms with Gasteiger partial charge in [0.1, 0.15) is 34.4 Å². The SMILES string of the molecule is CC1(C(=O)N2CCCC(c3nc(-c4ccc(C(=O)Nc5cc(C(F)(F)F)ccn5)cc4)c4c(N)ncc(-c5ccco5)n34)C2)COC1. The van der Waals surface area contributed by atoms with Gasteiger partial charge in [-0.1, -0.05) is 12.1 Å². The first-order valence-electron chi connectivity index (χ1n) is 15.0. The summed E-state index contributed by atoms with van der Waals surface area (Å²) in [5.74, 6) is 0.579. The maximum atomic E-state index is 13.4. The maximum absolute atomic E-state index is 13.4. The molecule has 11 nitrogen and oxygen atoms in total. The van der Waals surface area contributed by atoms with Crippen molar-refractivity contribution in [3.05, 3.63) is 84.1 Å². The number of hydrogen-bond acceptors (Lipinski definition) is 8. The van der Waals surface area contributed by atoms with Crippen molar-refractivity contribution in [3.8, 4) is 22.7 Å². The number of piperidine rings is 1. The van der Waals surface area contributed by atoms with E-state index in [1.807, 2.05) is 22.3 Å². The summed E-state index contributed by atoms with van der Waals surface area (Å²) in [6, 6.07) is 11.7. The third-order valence-corrected chi connectivity index (χ3v) is 8.67. The van der Waals surface area contributed by atoms with Crippen LogP contribution in [0.4, 0.5) is 24.8 Å². The average molecular weight is 646 g/mol. The first-order valence-corrected chi connectivity index (χ1v) is 15.0. The molecule has 2 aliphatic heterocycles. The van der Waals surface area contributed by atoms with Crippen molar-refractivity contribution < 1.29 is 31.9 Å². The topological polar surface area (TPSA) is 141 Å². The Kier molecular flexibility index (Phi) is 7.46. The Bertz CT molecular complexity index is 1970. The van der Waals surface area contributed by atoms with E-state index in [-0.39, 0.29) is 29.0 Å². The van der Waals surface area contributed by atoms with Crippen LogP contribution in [-0.4, -0.2) is 62.4 Å². The summed E-state index contributed by atoms with van der Waals surface area (Å²) in [7, 11) is 0. The molecule has 47 heavy (non-hydrogen) atoms. The summed E-state index contributed by atoms with van der Waals surface area (Å²) >= 11 is 0. The fourth-order valence-corrected chi connectivity index (χ4v) is 6.17. The normalized spacial score (nSPS) is 17.8. The highest BCUT2D eigenvalue weighted by Gasteiger charge is 2.45. The van der Waals surface area contributed by atoms with Crippen LogP contribution in [0.5, 0.6) is 0 Å². The number of furan rings is 1. The summed E-state index contributed by atoms with van der Waals surface area (Å²) in [5.41, 5.74) is 7.59. The van der Waals surface area contributed by atoms with Crippen LogP contribution < -0.4 is 11.1 Å². The van der Waals surface area contributed by atoms with E-state index in [2.05, 4.69) is 15.3 Å². The molecule has 2 amide bonds. The fourth-order valence-electron chi connectivity index (χ4n) is 6.17. The van der Waals surface area contributed by atoms with Crippen LogP contribution in [0.2, 0.25) is 0 Å². The van der Waals surface area contributed by atoms with Gasteiger partial charge < -0.3 is 25.1 Å². The maximum Gasteiger partial charge on any atom is 0.416 e. The second-order valence-electron chi connectivity index (χ2n) is 12.1. The van der Waals surface area contributed by atoms with Gasteiger partial charge >= 0.3 is 6.18 Å². The van der Waals surface area contributed by atoms with Crippen molar-refractivity contribution in [2.45, 2.75) is 31.9 Å². The van der Waals surface area contributed by atoms with Crippen molar-refractivity contribution in [2.75, 3.05) is 37.4 Å². The number of aromatic nitrogens is 4. The molecular weight excluding hydrogens is 615 g/mol. The van der Waals surface area contributed by atoms with Crippen LogP contribution in [0.3, 0.4) is 0 Å². The largest absolute Gasteiger partial charge is 0.463 e. The number of nitrogens with zero attached hydrogens (tertiary/aromatic N) is 5. The molecule has 2 fully saturated rings. The van der Waals surface area contributed by atoms with Gasteiger partial charge in [-0.15, -0.1) is 0 Å². The second-order valence-corrected chi connectivity index (χ2v) is 12.1. The van der Waals surface area contributed by atoms with Gasteiger partial charge in [0, 0.05) is 36.3 Å². The van der Waals surface area contributed by atoms with E-state index in [1.54, 1.807) is 42.8 Å². The summed E-state index contributed by atoms with van der Waals surface area (Å²) in [6.45, 7) is 3.84. The summed E-state index contributed by atoms with van der Waals surface area (Å²) in [5, 5.41) is 2.42. The van der Waals surface area contributed by atoms with Gasteiger partial charge in [0.05, 0.1) is 36.7 Å². The molecule has 0 saturated carbocycles. The number of amides is 2. The zero-order valence-corrected chi connectivity index (χ0v) is 25.3. The number of nitrogens with two attached hydrogens (primary N) is 1. The van der Waals surface area contributed by atoms with Gasteiger partial charge in [-0.2, -0.15) is 13.2 Å². The van der Waals surface area contributed by atoms with Gasteiger partial charge in [0.15, 0.2) is 5.76 Å². The predicted octanol–water partition coefficient (Wildman–Crippen LogP) is 5.65. The van der Waals surface area contributed by atoms with Crippen LogP contribution >= 0.6 is 0 Å². The summed E-state index contributed by atoms with van der Waals surface area (Å²) in [4.78, 5) is 41.6. The number of carbonyl (C=O) groups excluding carboxylic acids is 2. The van der Waals surface area contributed by atoms with Gasteiger partial charge in [-0.05, 0) is 56.2 Å². The van der Waals surface area contributed by atoms with E-state index in [4.69, 9.17) is 19.9 Å². The van der Waals surface area contributed by atoms with E-state index in [9.17, 15) is 22.8 Å². The van der Waals surface area contributed by atoms with Crippen molar-refractivity contribution in [1.29, 1.82) is 0 Å². The number of fused-ring (bicyclic) bond motifs is 1. The lowest BCUT2D eigenvalue weighted by Crippen LogP contribution is -2.55. The number of anilines is 2. The lowest BCUT2D eigenvalue weighted by molar-refractivity contribution is -0.170. The lowest BCUT2D eigenvalue weighted by atomic mass is 9.85. The Morgan fingerprint density at radius 3 is 2.57 bits per heavy atom. The third kappa shape index (κ3) is 5.58. The molecule has 3 N–H and O–H groups in total. The molecule has 0 aliphatic carbocycles. The Morgan fingerprint density at radius 2 is 1.89 bits per heavy atom. The molecule has 7 rings (SSSR count). The monoisotopic (exact) mass is 645 g/mol. The van der Waals surface area contributed by atoms with Crippen molar-refractivity contribution >= 4 is 29.0 Å². The minimum atomic E-state index is -4.57. The van der Waals surface area contributed by atoms with E-state index < -0.39 is 23.1 Å². The van der Waals surface area contributed by atoms with Gasteiger partial charge in [0.2, 0.25) is 5.91 Å². The number of benzene rings is 1. The first-order chi connectivity index (χ1) is 22.5. The Balaban J connectivity index is 1.24. The predicted molar refractivity (Wildman–Crippen MR) is 165 cm³/mol. The fraction of sp³-hybridized carbons (Fsp3) is 0.303. The highest BCUT2D eigenvalue weighted by Crippen LogP contribution is 2.39. The van der Waals surface area contributed by atoms with Crippen LogP contribution in [0.1, 0.15) is 47.4 Å². The van der Waals surface area contributed by atoms with Crippen molar-refractivity contribution in [2.24, 2.45) is 5.41 Å². The molecule has 242 valence electrons. The molecule has 1 unspecified atom stereocenters. The number of rotatable bonds is 6. The van der Waals surface area contributed by atoms with Gasteiger partial charge in [-0.25, -0.2) is 15.0 Å². The van der Waals surface area contributed by atoms with E-state index in [1.165, 1.54) is 0 Å². The average Bonchev–Trinajstić information content (AvgIpc) is 3.73. The number of hydrogen-bond donors (Lipinski definition) is 2. The van der Waals surface area contributed by atoms with Crippen molar-refractivity contribution in [3.63, 3.8) is 0 Å². The van der Waals surface area contributed by atoms with Crippen LogP contribution in [0.15, 0.2) is 71.6 Å². The van der Waals surface area contributed by atoms with E-state index in [0.29, 0.717) is 60.4 Å². The number of carbonyl (C=O) groups is 2. The minimum absolute atomic E-state index is 0.0659. The summed E-state index contributed by atoms with van der Waals surface area (Å²) in [6.07, 6.45) is 1.19. The molecular formula is C33H30F3N7O4. The van der Waals surface area contributed by atoms with E-state index >= 15 is 0 Å². The number of halogens is 3. The van der Waals surface area contributed by atoms with Gasteiger partial charge in [0.25, 0.3) is 5.91 Å². The number of imidazole rings is 1. The second kappa shape index (κ2) is 11.5. The number of pyridine rings is 1. The van der Waals surface area contributed by atoms with Crippen LogP contribution in [-0.2, 0) is 15.7 Å². The quantitative estimate of drug-likeness (QED) is 0.242. The number of nitrogen functional groups attached to an aromatic ring is 1. The number of alkyl halides is 3. The highest BCUT2D eigenvalue weighted by molar-refractivity contribution is 6.04. The molecule has 0 radical (unpaired) electrons. The molecule has 1 atom stereocenters. The van der Waals surface area contributed by atoms with Crippen molar-refractivity contribution in [1.82, 2.24) is 24.3 Å². The highest BCUT2D eigenvalue weighted by atomic mass is 19.4. The molecule has 14 heteroatoms. The zero-order chi connectivity index (χ0) is 32.9. The smallest absolute Gasteiger partial charge is 0.416 e. The Labute approximate surface area is 266 Å². The van der Waals surface area contributed by atoms with Crippen LogP contribution in [0.25, 0.3) is 28.2 Å². The number of nitrogens with one attached hydrogen (secondary N) is 1.